The van der Waals surface area contributed by atoms with Crippen LogP contribution in [0.4, 0.5) is 4.39 Å². The molecule has 0 bridgehead atoms. The van der Waals surface area contributed by atoms with Crippen LogP contribution >= 0.6 is 0 Å². The van der Waals surface area contributed by atoms with E-state index in [0.717, 1.165) is 0 Å². The summed E-state index contributed by atoms with van der Waals surface area (Å²) in [6.45, 7) is 3.18. The third kappa shape index (κ3) is 6.26. The average Bonchev–Trinajstić information content (AvgIpc) is 3.06. The SMILES string of the molecule is CC(C)(CN(CC(N)=O)C(=O)c1ccccc1)NCC(=O)N1C[C@@H](F)CC1C#N. The van der Waals surface area contributed by atoms with Crippen molar-refractivity contribution < 1.29 is 18.8 Å². The Labute approximate surface area is 169 Å². The van der Waals surface area contributed by atoms with Crippen LogP contribution in [0.5, 0.6) is 0 Å². The highest BCUT2D eigenvalue weighted by Gasteiger charge is 2.36. The van der Waals surface area contributed by atoms with Crippen LogP contribution in [0.15, 0.2) is 30.3 Å². The Kier molecular flexibility index (Phi) is 7.29. The third-order valence-corrected chi connectivity index (χ3v) is 4.68. The van der Waals surface area contributed by atoms with E-state index in [-0.39, 0.29) is 44.4 Å². The second-order valence-electron chi connectivity index (χ2n) is 7.75. The molecule has 1 aromatic rings. The van der Waals surface area contributed by atoms with Gasteiger partial charge in [-0.05, 0) is 26.0 Å². The van der Waals surface area contributed by atoms with E-state index in [2.05, 4.69) is 5.32 Å². The molecule has 29 heavy (non-hydrogen) atoms. The maximum absolute atomic E-state index is 13.5. The summed E-state index contributed by atoms with van der Waals surface area (Å²) < 4.78 is 13.5. The topological polar surface area (TPSA) is 120 Å². The Morgan fingerprint density at radius 3 is 2.59 bits per heavy atom. The number of amides is 3. The average molecular weight is 403 g/mol. The first kappa shape index (κ1) is 22.3. The fourth-order valence-corrected chi connectivity index (χ4v) is 3.28. The lowest BCUT2D eigenvalue weighted by Crippen LogP contribution is -2.55. The van der Waals surface area contributed by atoms with E-state index in [4.69, 9.17) is 11.0 Å². The maximum Gasteiger partial charge on any atom is 0.254 e. The standard InChI is InChI=1S/C20H26FN5O3/c1-20(2,24-10-18(28)26-11-15(21)8-16(26)9-22)13-25(12-17(23)27)19(29)14-6-4-3-5-7-14/h3-7,15-16,24H,8,10-13H2,1-2H3,(H2,23,27)/t15-,16?/m0/s1. The van der Waals surface area contributed by atoms with Gasteiger partial charge in [0.15, 0.2) is 0 Å². The first-order chi connectivity index (χ1) is 13.6. The molecule has 1 unspecified atom stereocenters. The second-order valence-corrected chi connectivity index (χ2v) is 7.75. The van der Waals surface area contributed by atoms with Crippen LogP contribution in [0, 0.1) is 11.3 Å². The smallest absolute Gasteiger partial charge is 0.254 e. The Morgan fingerprint density at radius 1 is 1.34 bits per heavy atom. The van der Waals surface area contributed by atoms with Crippen molar-refractivity contribution in [3.63, 3.8) is 0 Å². The van der Waals surface area contributed by atoms with Crippen molar-refractivity contribution in [2.45, 2.75) is 38.0 Å². The van der Waals surface area contributed by atoms with Crippen LogP contribution < -0.4 is 11.1 Å². The molecule has 0 aromatic heterocycles. The molecule has 0 saturated carbocycles. The van der Waals surface area contributed by atoms with Gasteiger partial charge < -0.3 is 20.9 Å². The molecule has 0 aliphatic carbocycles. The van der Waals surface area contributed by atoms with Crippen LogP contribution in [0.25, 0.3) is 0 Å². The molecular formula is C20H26FN5O3. The van der Waals surface area contributed by atoms with Crippen LogP contribution in [0.2, 0.25) is 0 Å². The fourth-order valence-electron chi connectivity index (χ4n) is 3.28. The summed E-state index contributed by atoms with van der Waals surface area (Å²) in [6, 6.07) is 9.67. The summed E-state index contributed by atoms with van der Waals surface area (Å²) >= 11 is 0. The number of nitrogens with one attached hydrogen (secondary N) is 1. The number of likely N-dealkylation sites (tertiary alicyclic amines) is 1. The molecule has 8 nitrogen and oxygen atoms in total. The molecule has 156 valence electrons. The monoisotopic (exact) mass is 403 g/mol. The van der Waals surface area contributed by atoms with Crippen molar-refractivity contribution in [3.05, 3.63) is 35.9 Å². The first-order valence-corrected chi connectivity index (χ1v) is 9.34. The molecule has 0 radical (unpaired) electrons. The van der Waals surface area contributed by atoms with Crippen LogP contribution in [-0.4, -0.2) is 71.5 Å². The molecule has 1 aliphatic heterocycles. The summed E-state index contributed by atoms with van der Waals surface area (Å²) in [5.41, 5.74) is 4.97. The van der Waals surface area contributed by atoms with Crippen molar-refractivity contribution in [2.24, 2.45) is 5.73 Å². The van der Waals surface area contributed by atoms with E-state index in [0.29, 0.717) is 5.56 Å². The number of alkyl halides is 1. The molecule has 9 heteroatoms. The van der Waals surface area contributed by atoms with Crippen LogP contribution in [0.3, 0.4) is 0 Å². The Morgan fingerprint density at radius 2 is 2.00 bits per heavy atom. The predicted molar refractivity (Wildman–Crippen MR) is 104 cm³/mol. The number of rotatable bonds is 8. The number of halogens is 1. The minimum absolute atomic E-state index is 0.0175. The van der Waals surface area contributed by atoms with Gasteiger partial charge in [-0.15, -0.1) is 0 Å². The van der Waals surface area contributed by atoms with E-state index in [1.807, 2.05) is 6.07 Å². The van der Waals surface area contributed by atoms with Gasteiger partial charge in [0.05, 0.1) is 25.7 Å². The summed E-state index contributed by atoms with van der Waals surface area (Å²) in [6.07, 6.45) is -1.19. The summed E-state index contributed by atoms with van der Waals surface area (Å²) in [7, 11) is 0. The Balaban J connectivity index is 2.02. The molecule has 1 fully saturated rings. The molecule has 2 rings (SSSR count). The van der Waals surface area contributed by atoms with Crippen molar-refractivity contribution in [3.8, 4) is 6.07 Å². The van der Waals surface area contributed by atoms with Gasteiger partial charge in [-0.2, -0.15) is 5.26 Å². The van der Waals surface area contributed by atoms with Crippen LogP contribution in [0.1, 0.15) is 30.6 Å². The molecule has 1 aromatic carbocycles. The molecule has 3 N–H and O–H groups in total. The fraction of sp³-hybridized carbons (Fsp3) is 0.500. The third-order valence-electron chi connectivity index (χ3n) is 4.68. The molecule has 1 saturated heterocycles. The number of primary amides is 1. The molecule has 1 heterocycles. The van der Waals surface area contributed by atoms with Gasteiger partial charge in [-0.1, -0.05) is 18.2 Å². The highest BCUT2D eigenvalue weighted by molar-refractivity contribution is 5.96. The number of carbonyl (C=O) groups is 3. The number of hydrogen-bond acceptors (Lipinski definition) is 5. The minimum Gasteiger partial charge on any atom is -0.368 e. The zero-order valence-corrected chi connectivity index (χ0v) is 16.6. The predicted octanol–water partition coefficient (Wildman–Crippen LogP) is 0.445. The van der Waals surface area contributed by atoms with Gasteiger partial charge in [0.1, 0.15) is 12.2 Å². The Bertz CT molecular complexity index is 793. The van der Waals surface area contributed by atoms with Gasteiger partial charge in [-0.25, -0.2) is 4.39 Å². The Hall–Kier alpha value is -2.99. The van der Waals surface area contributed by atoms with Crippen molar-refractivity contribution in [1.29, 1.82) is 5.26 Å². The van der Waals surface area contributed by atoms with Crippen molar-refractivity contribution >= 4 is 17.7 Å². The normalized spacial score (nSPS) is 18.9. The van der Waals surface area contributed by atoms with Crippen molar-refractivity contribution in [2.75, 3.05) is 26.2 Å². The van der Waals surface area contributed by atoms with E-state index >= 15 is 0 Å². The molecule has 0 spiro atoms. The second kappa shape index (κ2) is 9.47. The number of carbonyl (C=O) groups excluding carboxylic acids is 3. The van der Waals surface area contributed by atoms with Gasteiger partial charge in [0.2, 0.25) is 11.8 Å². The lowest BCUT2D eigenvalue weighted by atomic mass is 10.0. The number of nitrogens with two attached hydrogens (primary N) is 1. The van der Waals surface area contributed by atoms with Gasteiger partial charge >= 0.3 is 0 Å². The number of hydrogen-bond donors (Lipinski definition) is 2. The first-order valence-electron chi connectivity index (χ1n) is 9.34. The van der Waals surface area contributed by atoms with E-state index in [1.54, 1.807) is 44.2 Å². The van der Waals surface area contributed by atoms with Crippen molar-refractivity contribution in [1.82, 2.24) is 15.1 Å². The zero-order chi connectivity index (χ0) is 21.6. The van der Waals surface area contributed by atoms with E-state index in [9.17, 15) is 18.8 Å². The number of nitrogens with zero attached hydrogens (tertiary/aromatic N) is 3. The zero-order valence-electron chi connectivity index (χ0n) is 16.6. The highest BCUT2D eigenvalue weighted by Crippen LogP contribution is 2.20. The van der Waals surface area contributed by atoms with Gasteiger partial charge in [0.25, 0.3) is 5.91 Å². The largest absolute Gasteiger partial charge is 0.368 e. The van der Waals surface area contributed by atoms with E-state index in [1.165, 1.54) is 9.80 Å². The van der Waals surface area contributed by atoms with E-state index < -0.39 is 23.7 Å². The van der Waals surface area contributed by atoms with Gasteiger partial charge in [0, 0.05) is 24.1 Å². The number of benzene rings is 1. The molecular weight excluding hydrogens is 377 g/mol. The number of nitriles is 1. The molecule has 3 amide bonds. The maximum atomic E-state index is 13.5. The quantitative estimate of drug-likeness (QED) is 0.653. The minimum atomic E-state index is -1.20. The lowest BCUT2D eigenvalue weighted by Gasteiger charge is -2.33. The van der Waals surface area contributed by atoms with Crippen LogP contribution in [-0.2, 0) is 9.59 Å². The summed E-state index contributed by atoms with van der Waals surface area (Å²) in [4.78, 5) is 39.2. The van der Waals surface area contributed by atoms with Gasteiger partial charge in [-0.3, -0.25) is 14.4 Å². The lowest BCUT2D eigenvalue weighted by molar-refractivity contribution is -0.130. The molecule has 1 aliphatic rings. The summed E-state index contributed by atoms with van der Waals surface area (Å²) in [5, 5.41) is 12.1. The summed E-state index contributed by atoms with van der Waals surface area (Å²) in [5.74, 6) is -1.39. The molecule has 2 atom stereocenters. The highest BCUT2D eigenvalue weighted by atomic mass is 19.1.